The molecule has 0 amide bonds. The van der Waals surface area contributed by atoms with Crippen molar-refractivity contribution in [2.45, 2.75) is 25.3 Å². The van der Waals surface area contributed by atoms with Crippen LogP contribution in [0.2, 0.25) is 0 Å². The van der Waals surface area contributed by atoms with Gasteiger partial charge in [-0.2, -0.15) is 0 Å². The number of rotatable bonds is 1. The topological polar surface area (TPSA) is 97.1 Å². The van der Waals surface area contributed by atoms with Crippen molar-refractivity contribution < 1.29 is 8.60 Å². The van der Waals surface area contributed by atoms with Gasteiger partial charge in [-0.05, 0) is 38.0 Å². The van der Waals surface area contributed by atoms with E-state index < -0.39 is 21.3 Å². The van der Waals surface area contributed by atoms with Gasteiger partial charge in [0.2, 0.25) is 5.96 Å². The van der Waals surface area contributed by atoms with E-state index >= 15 is 0 Å². The van der Waals surface area contributed by atoms with Crippen LogP contribution in [0.5, 0.6) is 0 Å². The summed E-state index contributed by atoms with van der Waals surface area (Å²) in [6.07, 6.45) is 1.73. The number of fused-ring (bicyclic) bond motifs is 1. The number of anilines is 1. The number of hydrogen-bond acceptors (Lipinski definition) is 5. The lowest BCUT2D eigenvalue weighted by atomic mass is 9.93. The van der Waals surface area contributed by atoms with Crippen molar-refractivity contribution >= 4 is 21.6 Å². The van der Waals surface area contributed by atoms with E-state index in [0.29, 0.717) is 24.3 Å². The standard InChI is InChI=1S/C14H20FN5OS/c1-14(11-8-10(16)4-5-12(11)15)9-22(21)18-6-2-3-7-20(22)13(17)19-14/h4-5,8H,2-3,6-7,9,16H2,1H3,(H2,17,19). The maximum Gasteiger partial charge on any atom is 0.204 e. The molecule has 120 valence electrons. The van der Waals surface area contributed by atoms with Crippen LogP contribution in [0.25, 0.3) is 0 Å². The Morgan fingerprint density at radius 3 is 2.91 bits per heavy atom. The molecule has 0 spiro atoms. The van der Waals surface area contributed by atoms with Crippen LogP contribution >= 0.6 is 0 Å². The average molecular weight is 325 g/mol. The first kappa shape index (κ1) is 15.1. The minimum absolute atomic E-state index is 0.112. The van der Waals surface area contributed by atoms with E-state index in [4.69, 9.17) is 11.5 Å². The molecule has 6 nitrogen and oxygen atoms in total. The van der Waals surface area contributed by atoms with Crippen molar-refractivity contribution in [1.29, 1.82) is 0 Å². The lowest BCUT2D eigenvalue weighted by Crippen LogP contribution is -2.52. The molecule has 4 N–H and O–H groups in total. The molecule has 0 aromatic heterocycles. The van der Waals surface area contributed by atoms with Crippen molar-refractivity contribution in [3.63, 3.8) is 0 Å². The molecule has 0 saturated carbocycles. The molecular formula is C14H20FN5OS. The summed E-state index contributed by atoms with van der Waals surface area (Å²) in [4.78, 5) is 4.44. The molecule has 0 radical (unpaired) electrons. The van der Waals surface area contributed by atoms with Crippen molar-refractivity contribution in [2.24, 2.45) is 15.1 Å². The zero-order valence-corrected chi connectivity index (χ0v) is 13.3. The Morgan fingerprint density at radius 2 is 2.14 bits per heavy atom. The number of nitrogens with two attached hydrogens (primary N) is 2. The van der Waals surface area contributed by atoms with E-state index in [1.54, 1.807) is 11.2 Å². The highest BCUT2D eigenvalue weighted by atomic mass is 32.2. The molecule has 1 aromatic rings. The van der Waals surface area contributed by atoms with E-state index in [9.17, 15) is 8.60 Å². The lowest BCUT2D eigenvalue weighted by molar-refractivity contribution is 0.464. The van der Waals surface area contributed by atoms with E-state index in [0.717, 1.165) is 12.8 Å². The fraction of sp³-hybridized carbons (Fsp3) is 0.500. The molecule has 2 atom stereocenters. The maximum atomic E-state index is 14.3. The summed E-state index contributed by atoms with van der Waals surface area (Å²) in [5.74, 6) is -0.161. The van der Waals surface area contributed by atoms with Gasteiger partial charge in [0.05, 0.1) is 12.3 Å². The minimum Gasteiger partial charge on any atom is -0.399 e. The third-order valence-corrected chi connectivity index (χ3v) is 6.65. The fourth-order valence-electron chi connectivity index (χ4n) is 2.97. The quantitative estimate of drug-likeness (QED) is 0.764. The number of halogens is 1. The Hall–Kier alpha value is -1.83. The third kappa shape index (κ3) is 2.41. The van der Waals surface area contributed by atoms with Crippen LogP contribution < -0.4 is 11.5 Å². The Kier molecular flexibility index (Phi) is 3.51. The third-order valence-electron chi connectivity index (χ3n) is 4.06. The van der Waals surface area contributed by atoms with Gasteiger partial charge in [-0.1, -0.05) is 0 Å². The van der Waals surface area contributed by atoms with Gasteiger partial charge in [-0.3, -0.25) is 4.31 Å². The maximum absolute atomic E-state index is 14.3. The number of nitrogen functional groups attached to an aromatic ring is 1. The molecule has 0 saturated heterocycles. The molecule has 22 heavy (non-hydrogen) atoms. The molecule has 2 heterocycles. The van der Waals surface area contributed by atoms with Gasteiger partial charge in [0, 0.05) is 17.8 Å². The minimum atomic E-state index is -2.71. The van der Waals surface area contributed by atoms with E-state index in [1.165, 1.54) is 18.2 Å². The zero-order valence-electron chi connectivity index (χ0n) is 12.5. The zero-order chi connectivity index (χ0) is 16.0. The molecule has 2 aliphatic heterocycles. The van der Waals surface area contributed by atoms with Crippen molar-refractivity contribution in [3.05, 3.63) is 29.6 Å². The molecule has 0 fully saturated rings. The van der Waals surface area contributed by atoms with Crippen LogP contribution in [0.1, 0.15) is 25.3 Å². The number of benzene rings is 1. The summed E-state index contributed by atoms with van der Waals surface area (Å²) in [6, 6.07) is 4.31. The van der Waals surface area contributed by atoms with Crippen LogP contribution in [0.15, 0.2) is 27.6 Å². The first-order valence-corrected chi connectivity index (χ1v) is 8.87. The highest BCUT2D eigenvalue weighted by Gasteiger charge is 2.42. The van der Waals surface area contributed by atoms with Crippen molar-refractivity contribution in [3.8, 4) is 0 Å². The monoisotopic (exact) mass is 325 g/mol. The summed E-state index contributed by atoms with van der Waals surface area (Å²) < 4.78 is 33.4. The smallest absolute Gasteiger partial charge is 0.204 e. The lowest BCUT2D eigenvalue weighted by Gasteiger charge is -2.38. The first-order chi connectivity index (χ1) is 10.3. The Balaban J connectivity index is 2.16. The SMILES string of the molecule is CC1(c2cc(N)ccc2F)CS2(=O)=NCCCCN2C(N)=N1. The molecule has 0 aliphatic carbocycles. The van der Waals surface area contributed by atoms with E-state index in [1.807, 2.05) is 0 Å². The van der Waals surface area contributed by atoms with Crippen LogP contribution in [0.4, 0.5) is 10.1 Å². The second-order valence-electron chi connectivity index (χ2n) is 5.90. The average Bonchev–Trinajstić information content (AvgIpc) is 2.62. The van der Waals surface area contributed by atoms with Crippen molar-refractivity contribution in [1.82, 2.24) is 4.31 Å². The van der Waals surface area contributed by atoms with Crippen LogP contribution in [-0.4, -0.2) is 33.3 Å². The van der Waals surface area contributed by atoms with Gasteiger partial charge in [-0.25, -0.2) is 18.0 Å². The number of guanidine groups is 1. The summed E-state index contributed by atoms with van der Waals surface area (Å²) in [5.41, 5.74) is 11.5. The fourth-order valence-corrected chi connectivity index (χ4v) is 5.47. The summed E-state index contributed by atoms with van der Waals surface area (Å²) in [7, 11) is -2.71. The molecule has 2 unspecified atom stereocenters. The van der Waals surface area contributed by atoms with Gasteiger partial charge in [0.25, 0.3) is 0 Å². The summed E-state index contributed by atoms with van der Waals surface area (Å²) in [6.45, 7) is 2.81. The Morgan fingerprint density at radius 1 is 1.36 bits per heavy atom. The van der Waals surface area contributed by atoms with E-state index in [-0.39, 0.29) is 11.7 Å². The molecule has 0 bridgehead atoms. The predicted molar refractivity (Wildman–Crippen MR) is 86.0 cm³/mol. The van der Waals surface area contributed by atoms with Crippen LogP contribution in [0, 0.1) is 5.82 Å². The first-order valence-electron chi connectivity index (χ1n) is 7.23. The molecular weight excluding hydrogens is 305 g/mol. The van der Waals surface area contributed by atoms with Gasteiger partial charge in [0.15, 0.2) is 0 Å². The molecule has 2 aliphatic rings. The highest BCUT2D eigenvalue weighted by Crippen LogP contribution is 2.36. The molecule has 8 heteroatoms. The second kappa shape index (κ2) is 5.12. The van der Waals surface area contributed by atoms with E-state index in [2.05, 4.69) is 9.36 Å². The van der Waals surface area contributed by atoms with Crippen molar-refractivity contribution in [2.75, 3.05) is 24.6 Å². The predicted octanol–water partition coefficient (Wildman–Crippen LogP) is 1.43. The van der Waals surface area contributed by atoms with Gasteiger partial charge >= 0.3 is 0 Å². The second-order valence-corrected chi connectivity index (χ2v) is 8.10. The summed E-state index contributed by atoms with van der Waals surface area (Å²) >= 11 is 0. The van der Waals surface area contributed by atoms with Gasteiger partial charge < -0.3 is 11.5 Å². The number of hydrogen-bond donors (Lipinski definition) is 2. The van der Waals surface area contributed by atoms with Crippen LogP contribution in [-0.2, 0) is 15.5 Å². The molecule has 3 rings (SSSR count). The van der Waals surface area contributed by atoms with Crippen LogP contribution in [0.3, 0.4) is 0 Å². The molecule has 1 aromatic carbocycles. The highest BCUT2D eigenvalue weighted by molar-refractivity contribution is 7.92. The Bertz CT molecular complexity index is 756. The number of aliphatic imine (C=N–C) groups is 1. The Labute approximate surface area is 129 Å². The normalized spacial score (nSPS) is 31.7. The largest absolute Gasteiger partial charge is 0.399 e. The van der Waals surface area contributed by atoms with Gasteiger partial charge in [-0.15, -0.1) is 0 Å². The number of nitrogens with zero attached hydrogens (tertiary/aromatic N) is 3. The van der Waals surface area contributed by atoms with Gasteiger partial charge in [0.1, 0.15) is 21.3 Å². The summed E-state index contributed by atoms with van der Waals surface area (Å²) in [5, 5.41) is 0.